The Labute approximate surface area is 176 Å². The molecule has 0 atom stereocenters. The molecule has 2 heterocycles. The first-order valence-electron chi connectivity index (χ1n) is 10.8. The van der Waals surface area contributed by atoms with Crippen molar-refractivity contribution < 1.29 is 8.42 Å². The predicted molar refractivity (Wildman–Crippen MR) is 120 cm³/mol. The van der Waals surface area contributed by atoms with E-state index in [9.17, 15) is 8.42 Å². The van der Waals surface area contributed by atoms with Gasteiger partial charge in [0, 0.05) is 33.2 Å². The summed E-state index contributed by atoms with van der Waals surface area (Å²) in [4.78, 5) is 8.99. The summed E-state index contributed by atoms with van der Waals surface area (Å²) in [5, 5.41) is 3.40. The molecule has 1 aromatic rings. The molecule has 2 aliphatic heterocycles. The molecule has 1 aromatic carbocycles. The Hall–Kier alpha value is -1.60. The van der Waals surface area contributed by atoms with Gasteiger partial charge in [0.05, 0.1) is 10.5 Å². The van der Waals surface area contributed by atoms with Crippen LogP contribution in [0.3, 0.4) is 0 Å². The molecule has 3 rings (SSSR count). The van der Waals surface area contributed by atoms with E-state index in [0.29, 0.717) is 19.6 Å². The number of likely N-dealkylation sites (tertiary alicyclic amines) is 1. The average molecular weight is 421 g/mol. The molecule has 0 spiro atoms. The average Bonchev–Trinajstić information content (AvgIpc) is 2.95. The van der Waals surface area contributed by atoms with Crippen LogP contribution in [0.1, 0.15) is 50.7 Å². The molecule has 1 N–H and O–H groups in total. The Morgan fingerprint density at radius 1 is 1.03 bits per heavy atom. The third kappa shape index (κ3) is 5.72. The summed E-state index contributed by atoms with van der Waals surface area (Å²) in [6.07, 6.45) is 5.36. The summed E-state index contributed by atoms with van der Waals surface area (Å²) in [6.45, 7) is 8.68. The van der Waals surface area contributed by atoms with Gasteiger partial charge in [-0.05, 0) is 50.9 Å². The van der Waals surface area contributed by atoms with Crippen molar-refractivity contribution in [2.45, 2.75) is 57.4 Å². The van der Waals surface area contributed by atoms with E-state index in [1.807, 2.05) is 0 Å². The van der Waals surface area contributed by atoms with Gasteiger partial charge in [0.15, 0.2) is 15.8 Å². The lowest BCUT2D eigenvalue weighted by Crippen LogP contribution is -2.57. The highest BCUT2D eigenvalue weighted by molar-refractivity contribution is 7.92. The number of nitrogens with zero attached hydrogens (tertiary/aromatic N) is 3. The van der Waals surface area contributed by atoms with Crippen molar-refractivity contribution in [3.05, 3.63) is 35.4 Å². The fourth-order valence-electron chi connectivity index (χ4n) is 4.15. The van der Waals surface area contributed by atoms with Crippen LogP contribution in [0.25, 0.3) is 0 Å². The molecule has 0 radical (unpaired) electrons. The van der Waals surface area contributed by atoms with Crippen LogP contribution in [-0.4, -0.2) is 67.9 Å². The molecule has 0 unspecified atom stereocenters. The molecule has 29 heavy (non-hydrogen) atoms. The van der Waals surface area contributed by atoms with Crippen molar-refractivity contribution in [2.75, 3.05) is 39.0 Å². The number of guanidine groups is 1. The van der Waals surface area contributed by atoms with E-state index in [2.05, 4.69) is 44.4 Å². The van der Waals surface area contributed by atoms with Crippen molar-refractivity contribution >= 4 is 15.8 Å². The summed E-state index contributed by atoms with van der Waals surface area (Å²) in [7, 11) is -1.30. The van der Waals surface area contributed by atoms with Crippen LogP contribution in [0.5, 0.6) is 0 Å². The van der Waals surface area contributed by atoms with Crippen LogP contribution in [0.2, 0.25) is 0 Å². The van der Waals surface area contributed by atoms with Gasteiger partial charge >= 0.3 is 0 Å². The van der Waals surface area contributed by atoms with Gasteiger partial charge in [-0.2, -0.15) is 0 Å². The van der Waals surface area contributed by atoms with Gasteiger partial charge < -0.3 is 10.2 Å². The van der Waals surface area contributed by atoms with Gasteiger partial charge in [-0.1, -0.05) is 37.1 Å². The van der Waals surface area contributed by atoms with Gasteiger partial charge in [-0.3, -0.25) is 9.89 Å². The van der Waals surface area contributed by atoms with Crippen LogP contribution in [0.15, 0.2) is 29.3 Å². The standard InChI is InChI=1S/C22H36N4O2S/c1-22(2)18-26(14-15-29(22,27)28)21(23-3)24-16-19-8-10-20(11-9-19)17-25-12-6-4-5-7-13-25/h8-11H,4-7,12-18H2,1-3H3,(H,23,24). The second-order valence-corrected chi connectivity index (χ2v) is 11.7. The van der Waals surface area contributed by atoms with Crippen LogP contribution >= 0.6 is 0 Å². The quantitative estimate of drug-likeness (QED) is 0.599. The molecule has 6 nitrogen and oxygen atoms in total. The van der Waals surface area contributed by atoms with Crippen molar-refractivity contribution in [2.24, 2.45) is 4.99 Å². The second-order valence-electron chi connectivity index (χ2n) is 8.91. The third-order valence-corrected chi connectivity index (χ3v) is 8.67. The minimum absolute atomic E-state index is 0.173. The van der Waals surface area contributed by atoms with Crippen molar-refractivity contribution in [3.63, 3.8) is 0 Å². The molecule has 0 bridgehead atoms. The maximum Gasteiger partial charge on any atom is 0.193 e. The van der Waals surface area contributed by atoms with Crippen LogP contribution < -0.4 is 5.32 Å². The number of nitrogens with one attached hydrogen (secondary N) is 1. The van der Waals surface area contributed by atoms with Gasteiger partial charge in [0.25, 0.3) is 0 Å². The van der Waals surface area contributed by atoms with E-state index in [1.165, 1.54) is 49.9 Å². The van der Waals surface area contributed by atoms with E-state index in [-0.39, 0.29) is 5.75 Å². The Balaban J connectivity index is 1.53. The molecule has 2 fully saturated rings. The maximum absolute atomic E-state index is 12.2. The lowest BCUT2D eigenvalue weighted by atomic mass is 10.1. The Bertz CT molecular complexity index is 795. The topological polar surface area (TPSA) is 65.0 Å². The van der Waals surface area contributed by atoms with E-state index >= 15 is 0 Å². The van der Waals surface area contributed by atoms with Crippen LogP contribution in [0, 0.1) is 0 Å². The fraction of sp³-hybridized carbons (Fsp3) is 0.682. The molecule has 7 heteroatoms. The van der Waals surface area contributed by atoms with Crippen molar-refractivity contribution in [1.82, 2.24) is 15.1 Å². The summed E-state index contributed by atoms with van der Waals surface area (Å²) < 4.78 is 23.7. The highest BCUT2D eigenvalue weighted by Crippen LogP contribution is 2.23. The highest BCUT2D eigenvalue weighted by atomic mass is 32.2. The molecular formula is C22H36N4O2S. The Morgan fingerprint density at radius 3 is 2.24 bits per heavy atom. The third-order valence-electron chi connectivity index (χ3n) is 6.13. The number of aliphatic imine (C=N–C) groups is 1. The van der Waals surface area contributed by atoms with Gasteiger partial charge in [-0.15, -0.1) is 0 Å². The largest absolute Gasteiger partial charge is 0.352 e. The van der Waals surface area contributed by atoms with Crippen molar-refractivity contribution in [1.29, 1.82) is 0 Å². The molecule has 2 aliphatic rings. The van der Waals surface area contributed by atoms with Gasteiger partial charge in [0.1, 0.15) is 0 Å². The molecular weight excluding hydrogens is 384 g/mol. The lowest BCUT2D eigenvalue weighted by molar-refractivity contribution is 0.277. The normalized spacial score (nSPS) is 22.9. The SMILES string of the molecule is CN=C(NCc1ccc(CN2CCCCCC2)cc1)N1CCS(=O)(=O)C(C)(C)C1. The van der Waals surface area contributed by atoms with Crippen molar-refractivity contribution in [3.8, 4) is 0 Å². The van der Waals surface area contributed by atoms with Crippen LogP contribution in [-0.2, 0) is 22.9 Å². The summed E-state index contributed by atoms with van der Waals surface area (Å²) in [5.41, 5.74) is 2.57. The first-order chi connectivity index (χ1) is 13.8. The predicted octanol–water partition coefficient (Wildman–Crippen LogP) is 2.65. The molecule has 0 saturated carbocycles. The van der Waals surface area contributed by atoms with Gasteiger partial charge in [-0.25, -0.2) is 8.42 Å². The number of benzene rings is 1. The number of rotatable bonds is 4. The van der Waals surface area contributed by atoms with E-state index < -0.39 is 14.6 Å². The zero-order valence-electron chi connectivity index (χ0n) is 18.2. The Kier molecular flexibility index (Phi) is 7.22. The number of hydrogen-bond donors (Lipinski definition) is 1. The zero-order chi connectivity index (χ0) is 20.9. The number of hydrogen-bond acceptors (Lipinski definition) is 4. The fourth-order valence-corrected chi connectivity index (χ4v) is 5.52. The molecule has 0 aliphatic carbocycles. The maximum atomic E-state index is 12.2. The minimum Gasteiger partial charge on any atom is -0.352 e. The first kappa shape index (κ1) is 22.1. The smallest absolute Gasteiger partial charge is 0.193 e. The van der Waals surface area contributed by atoms with E-state index in [1.54, 1.807) is 20.9 Å². The molecule has 0 amide bonds. The van der Waals surface area contributed by atoms with Crippen LogP contribution in [0.4, 0.5) is 0 Å². The number of sulfone groups is 1. The molecule has 2 saturated heterocycles. The molecule has 0 aromatic heterocycles. The summed E-state index contributed by atoms with van der Waals surface area (Å²) in [6, 6.07) is 8.80. The van der Waals surface area contributed by atoms with E-state index in [4.69, 9.17) is 0 Å². The monoisotopic (exact) mass is 420 g/mol. The lowest BCUT2D eigenvalue weighted by Gasteiger charge is -2.39. The first-order valence-corrected chi connectivity index (χ1v) is 12.4. The van der Waals surface area contributed by atoms with E-state index in [0.717, 1.165) is 12.5 Å². The summed E-state index contributed by atoms with van der Waals surface area (Å²) >= 11 is 0. The molecule has 162 valence electrons. The summed E-state index contributed by atoms with van der Waals surface area (Å²) in [5.74, 6) is 0.938. The second kappa shape index (κ2) is 9.47. The highest BCUT2D eigenvalue weighted by Gasteiger charge is 2.40. The zero-order valence-corrected chi connectivity index (χ0v) is 19.0. The van der Waals surface area contributed by atoms with Gasteiger partial charge in [0.2, 0.25) is 0 Å². The Morgan fingerprint density at radius 2 is 1.66 bits per heavy atom. The minimum atomic E-state index is -3.05.